The first-order valence-electron chi connectivity index (χ1n) is 9.78. The van der Waals surface area contributed by atoms with E-state index in [-0.39, 0.29) is 28.8 Å². The van der Waals surface area contributed by atoms with Crippen molar-refractivity contribution < 1.29 is 26.2 Å². The lowest BCUT2D eigenvalue weighted by Gasteiger charge is -2.24. The van der Waals surface area contributed by atoms with Crippen molar-refractivity contribution in [2.75, 3.05) is 0 Å². The Labute approximate surface area is 189 Å². The van der Waals surface area contributed by atoms with Crippen LogP contribution in [0.2, 0.25) is 5.02 Å². The molecular formula is C23H18ClF2NO4S. The van der Waals surface area contributed by atoms with Gasteiger partial charge in [0.05, 0.1) is 12.1 Å². The van der Waals surface area contributed by atoms with E-state index in [2.05, 4.69) is 0 Å². The normalized spacial score (nSPS) is 13.6. The third kappa shape index (κ3) is 4.92. The lowest BCUT2D eigenvalue weighted by Crippen LogP contribution is -2.33. The van der Waals surface area contributed by atoms with Gasteiger partial charge in [-0.2, -0.15) is 8.42 Å². The van der Waals surface area contributed by atoms with Gasteiger partial charge in [-0.15, -0.1) is 0 Å². The summed E-state index contributed by atoms with van der Waals surface area (Å²) >= 11 is 6.11. The van der Waals surface area contributed by atoms with Gasteiger partial charge in [-0.25, -0.2) is 8.78 Å². The van der Waals surface area contributed by atoms with Gasteiger partial charge in [0.1, 0.15) is 22.3 Å². The van der Waals surface area contributed by atoms with E-state index in [1.807, 2.05) is 0 Å². The van der Waals surface area contributed by atoms with Crippen LogP contribution in [0, 0.1) is 11.6 Å². The molecule has 1 amide bonds. The molecule has 0 spiro atoms. The molecule has 0 saturated heterocycles. The lowest BCUT2D eigenvalue weighted by molar-refractivity contribution is 0.0724. The first-order chi connectivity index (χ1) is 15.2. The van der Waals surface area contributed by atoms with E-state index in [9.17, 15) is 22.0 Å². The SMILES string of the molecule is O=C(c1ccccc1F)N(Cc1cc(Cl)ccc1OS(=O)(=O)c1ccc(F)cc1)C1CC1. The van der Waals surface area contributed by atoms with Crippen molar-refractivity contribution in [3.05, 3.63) is 94.5 Å². The number of amides is 1. The van der Waals surface area contributed by atoms with E-state index in [4.69, 9.17) is 15.8 Å². The first kappa shape index (κ1) is 22.2. The van der Waals surface area contributed by atoms with E-state index in [0.717, 1.165) is 37.1 Å². The fourth-order valence-electron chi connectivity index (χ4n) is 3.25. The summed E-state index contributed by atoms with van der Waals surface area (Å²) in [6, 6.07) is 14.2. The molecule has 0 bridgehead atoms. The Bertz CT molecular complexity index is 1260. The molecule has 3 aromatic carbocycles. The zero-order chi connectivity index (χ0) is 22.9. The van der Waals surface area contributed by atoms with Crippen molar-refractivity contribution in [1.29, 1.82) is 0 Å². The molecule has 166 valence electrons. The largest absolute Gasteiger partial charge is 0.379 e. The predicted molar refractivity (Wildman–Crippen MR) is 115 cm³/mol. The zero-order valence-corrected chi connectivity index (χ0v) is 18.2. The van der Waals surface area contributed by atoms with Crippen LogP contribution in [0.1, 0.15) is 28.8 Å². The maximum absolute atomic E-state index is 14.2. The topological polar surface area (TPSA) is 63.7 Å². The lowest BCUT2D eigenvalue weighted by atomic mass is 10.1. The number of benzene rings is 3. The van der Waals surface area contributed by atoms with Crippen molar-refractivity contribution in [3.8, 4) is 5.75 Å². The van der Waals surface area contributed by atoms with Gasteiger partial charge in [-0.3, -0.25) is 4.79 Å². The van der Waals surface area contributed by atoms with E-state index in [1.54, 1.807) is 6.07 Å². The molecular weight excluding hydrogens is 460 g/mol. The Hall–Kier alpha value is -2.97. The van der Waals surface area contributed by atoms with Gasteiger partial charge in [0, 0.05) is 16.6 Å². The van der Waals surface area contributed by atoms with E-state index in [0.29, 0.717) is 10.6 Å². The Morgan fingerprint density at radius 1 is 1.03 bits per heavy atom. The van der Waals surface area contributed by atoms with Crippen molar-refractivity contribution in [2.24, 2.45) is 0 Å². The highest BCUT2D eigenvalue weighted by Gasteiger charge is 2.35. The third-order valence-electron chi connectivity index (χ3n) is 5.02. The molecule has 0 aromatic heterocycles. The fraction of sp³-hybridized carbons (Fsp3) is 0.174. The second-order valence-electron chi connectivity index (χ2n) is 7.39. The Morgan fingerprint density at radius 2 is 1.72 bits per heavy atom. The number of rotatable bonds is 7. The van der Waals surface area contributed by atoms with Crippen LogP contribution < -0.4 is 4.18 Å². The minimum atomic E-state index is -4.26. The minimum Gasteiger partial charge on any atom is -0.379 e. The monoisotopic (exact) mass is 477 g/mol. The molecule has 4 rings (SSSR count). The van der Waals surface area contributed by atoms with Gasteiger partial charge in [0.15, 0.2) is 0 Å². The zero-order valence-electron chi connectivity index (χ0n) is 16.7. The molecule has 1 aliphatic carbocycles. The van der Waals surface area contributed by atoms with E-state index >= 15 is 0 Å². The molecule has 1 aliphatic rings. The molecule has 0 unspecified atom stereocenters. The Kier molecular flexibility index (Phi) is 6.17. The summed E-state index contributed by atoms with van der Waals surface area (Å²) in [6.45, 7) is -0.0212. The molecule has 0 heterocycles. The predicted octanol–water partition coefficient (Wildman–Crippen LogP) is 5.19. The molecule has 1 saturated carbocycles. The van der Waals surface area contributed by atoms with Gasteiger partial charge in [-0.1, -0.05) is 23.7 Å². The summed E-state index contributed by atoms with van der Waals surface area (Å²) < 4.78 is 58.0. The van der Waals surface area contributed by atoms with Gasteiger partial charge in [0.25, 0.3) is 5.91 Å². The number of halogens is 3. The summed E-state index contributed by atoms with van der Waals surface area (Å²) in [5.74, 6) is -1.74. The van der Waals surface area contributed by atoms with Crippen molar-refractivity contribution >= 4 is 27.6 Å². The average molecular weight is 478 g/mol. The summed E-state index contributed by atoms with van der Waals surface area (Å²) in [7, 11) is -4.26. The molecule has 0 aliphatic heterocycles. The number of nitrogens with zero attached hydrogens (tertiary/aromatic N) is 1. The van der Waals surface area contributed by atoms with Crippen LogP contribution in [0.5, 0.6) is 5.75 Å². The maximum atomic E-state index is 14.2. The second kappa shape index (κ2) is 8.88. The smallest absolute Gasteiger partial charge is 0.339 e. The molecule has 5 nitrogen and oxygen atoms in total. The summed E-state index contributed by atoms with van der Waals surface area (Å²) in [6.07, 6.45) is 1.51. The quantitative estimate of drug-likeness (QED) is 0.439. The highest BCUT2D eigenvalue weighted by Crippen LogP contribution is 2.34. The number of hydrogen-bond acceptors (Lipinski definition) is 4. The van der Waals surface area contributed by atoms with Crippen LogP contribution in [0.15, 0.2) is 71.6 Å². The average Bonchev–Trinajstić information content (AvgIpc) is 3.59. The van der Waals surface area contributed by atoms with Crippen molar-refractivity contribution in [2.45, 2.75) is 30.3 Å². The molecule has 0 N–H and O–H groups in total. The van der Waals surface area contributed by atoms with Gasteiger partial charge in [-0.05, 0) is 67.4 Å². The number of hydrogen-bond donors (Lipinski definition) is 0. The molecule has 32 heavy (non-hydrogen) atoms. The van der Waals surface area contributed by atoms with Crippen molar-refractivity contribution in [3.63, 3.8) is 0 Å². The summed E-state index contributed by atoms with van der Waals surface area (Å²) in [5, 5.41) is 0.320. The fourth-order valence-corrected chi connectivity index (χ4v) is 4.41. The van der Waals surface area contributed by atoms with Crippen LogP contribution in [0.4, 0.5) is 8.78 Å². The standard InChI is InChI=1S/C23H18ClF2NO4S/c24-16-5-12-22(31-32(29,30)19-10-6-17(25)7-11-19)15(13-16)14-27(18-8-9-18)23(28)20-3-1-2-4-21(20)26/h1-7,10-13,18H,8-9,14H2. The van der Waals surface area contributed by atoms with E-state index < -0.39 is 27.7 Å². The molecule has 3 aromatic rings. The van der Waals surface area contributed by atoms with Crippen LogP contribution in [-0.2, 0) is 16.7 Å². The molecule has 1 fully saturated rings. The summed E-state index contributed by atoms with van der Waals surface area (Å²) in [4.78, 5) is 14.3. The maximum Gasteiger partial charge on any atom is 0.339 e. The van der Waals surface area contributed by atoms with Crippen LogP contribution >= 0.6 is 11.6 Å². The molecule has 0 radical (unpaired) electrons. The summed E-state index contributed by atoms with van der Waals surface area (Å²) in [5.41, 5.74) is 0.280. The molecule has 9 heteroatoms. The van der Waals surface area contributed by atoms with Gasteiger partial charge in [0.2, 0.25) is 0 Å². The number of carbonyl (C=O) groups excluding carboxylic acids is 1. The first-order valence-corrected chi connectivity index (χ1v) is 11.6. The Balaban J connectivity index is 1.65. The second-order valence-corrected chi connectivity index (χ2v) is 9.37. The minimum absolute atomic E-state index is 0.0212. The third-order valence-corrected chi connectivity index (χ3v) is 6.50. The van der Waals surface area contributed by atoms with Gasteiger partial charge < -0.3 is 9.08 Å². The van der Waals surface area contributed by atoms with E-state index in [1.165, 1.54) is 41.3 Å². The highest BCUT2D eigenvalue weighted by atomic mass is 35.5. The van der Waals surface area contributed by atoms with Crippen LogP contribution in [0.25, 0.3) is 0 Å². The number of carbonyl (C=O) groups is 1. The molecule has 0 atom stereocenters. The Morgan fingerprint density at radius 3 is 2.38 bits per heavy atom. The van der Waals surface area contributed by atoms with Crippen molar-refractivity contribution in [1.82, 2.24) is 4.90 Å². The van der Waals surface area contributed by atoms with Crippen LogP contribution in [-0.4, -0.2) is 25.3 Å². The van der Waals surface area contributed by atoms with Gasteiger partial charge >= 0.3 is 10.1 Å². The highest BCUT2D eigenvalue weighted by molar-refractivity contribution is 7.87. The van der Waals surface area contributed by atoms with Crippen LogP contribution in [0.3, 0.4) is 0 Å².